The minimum Gasteiger partial charge on any atom is -0.379 e. The summed E-state index contributed by atoms with van der Waals surface area (Å²) in [4.78, 5) is 2.46. The highest BCUT2D eigenvalue weighted by Gasteiger charge is 2.11. The normalized spacial score (nSPS) is 18.1. The van der Waals surface area contributed by atoms with Crippen molar-refractivity contribution in [1.82, 2.24) is 10.2 Å². The lowest BCUT2D eigenvalue weighted by Gasteiger charge is -2.26. The molecule has 0 aliphatic carbocycles. The van der Waals surface area contributed by atoms with E-state index in [-0.39, 0.29) is 6.04 Å². The number of rotatable bonds is 6. The minimum atomic E-state index is 0.278. The van der Waals surface area contributed by atoms with E-state index in [1.54, 1.807) is 0 Å². The number of halogens is 2. The molecule has 0 spiro atoms. The van der Waals surface area contributed by atoms with Crippen LogP contribution in [-0.4, -0.2) is 44.3 Å². The van der Waals surface area contributed by atoms with Crippen molar-refractivity contribution in [3.8, 4) is 0 Å². The molecular formula is C15H22BrClN2O. The molecule has 112 valence electrons. The second-order valence-electron chi connectivity index (χ2n) is 5.15. The second kappa shape index (κ2) is 8.35. The van der Waals surface area contributed by atoms with Crippen molar-refractivity contribution in [2.45, 2.75) is 19.4 Å². The van der Waals surface area contributed by atoms with E-state index < -0.39 is 0 Å². The van der Waals surface area contributed by atoms with Crippen LogP contribution < -0.4 is 5.32 Å². The summed E-state index contributed by atoms with van der Waals surface area (Å²) in [7, 11) is 0. The maximum Gasteiger partial charge on any atom is 0.0594 e. The van der Waals surface area contributed by atoms with Crippen molar-refractivity contribution in [2.24, 2.45) is 0 Å². The summed E-state index contributed by atoms with van der Waals surface area (Å²) in [6.45, 7) is 8.17. The quantitative estimate of drug-likeness (QED) is 0.785. The van der Waals surface area contributed by atoms with Gasteiger partial charge in [-0.2, -0.15) is 0 Å². The third-order valence-corrected chi connectivity index (χ3v) is 4.45. The molecule has 0 bridgehead atoms. The Morgan fingerprint density at radius 3 is 2.85 bits per heavy atom. The summed E-state index contributed by atoms with van der Waals surface area (Å²) in [5.41, 5.74) is 1.15. The van der Waals surface area contributed by atoms with E-state index in [1.807, 2.05) is 12.1 Å². The molecule has 1 atom stereocenters. The van der Waals surface area contributed by atoms with Gasteiger partial charge in [0.05, 0.1) is 13.2 Å². The molecule has 20 heavy (non-hydrogen) atoms. The minimum absolute atomic E-state index is 0.278. The van der Waals surface area contributed by atoms with Gasteiger partial charge in [-0.3, -0.25) is 4.90 Å². The van der Waals surface area contributed by atoms with Crippen LogP contribution in [0.3, 0.4) is 0 Å². The first-order chi connectivity index (χ1) is 9.66. The second-order valence-corrected chi connectivity index (χ2v) is 6.47. The molecule has 1 aromatic carbocycles. The number of hydrogen-bond acceptors (Lipinski definition) is 3. The molecular weight excluding hydrogens is 340 g/mol. The fraction of sp³-hybridized carbons (Fsp3) is 0.600. The van der Waals surface area contributed by atoms with Gasteiger partial charge in [0.2, 0.25) is 0 Å². The highest BCUT2D eigenvalue weighted by molar-refractivity contribution is 9.10. The Bertz CT molecular complexity index is 424. The van der Waals surface area contributed by atoms with Gasteiger partial charge in [0.15, 0.2) is 0 Å². The summed E-state index contributed by atoms with van der Waals surface area (Å²) in [5.74, 6) is 0. The molecule has 1 saturated heterocycles. The molecule has 0 radical (unpaired) electrons. The summed E-state index contributed by atoms with van der Waals surface area (Å²) in [5, 5.41) is 4.35. The Hall–Kier alpha value is -0.130. The first-order valence-electron chi connectivity index (χ1n) is 7.15. The van der Waals surface area contributed by atoms with Crippen molar-refractivity contribution in [3.63, 3.8) is 0 Å². The van der Waals surface area contributed by atoms with Gasteiger partial charge in [-0.1, -0.05) is 33.6 Å². The van der Waals surface area contributed by atoms with Gasteiger partial charge in [0.25, 0.3) is 0 Å². The van der Waals surface area contributed by atoms with E-state index in [0.717, 1.165) is 60.9 Å². The Morgan fingerprint density at radius 1 is 1.40 bits per heavy atom. The predicted molar refractivity (Wildman–Crippen MR) is 87.4 cm³/mol. The SMILES string of the molecule is CC(NCCCN1CCOCC1)c1ccc(Br)cc1Cl. The molecule has 1 fully saturated rings. The molecule has 0 amide bonds. The zero-order chi connectivity index (χ0) is 14.4. The number of hydrogen-bond donors (Lipinski definition) is 1. The molecule has 1 unspecified atom stereocenters. The molecule has 3 nitrogen and oxygen atoms in total. The van der Waals surface area contributed by atoms with E-state index in [2.05, 4.69) is 39.1 Å². The van der Waals surface area contributed by atoms with Crippen molar-refractivity contribution >= 4 is 27.5 Å². The lowest BCUT2D eigenvalue weighted by molar-refractivity contribution is 0.0374. The number of nitrogens with one attached hydrogen (secondary N) is 1. The summed E-state index contributed by atoms with van der Waals surface area (Å²) >= 11 is 9.70. The third kappa shape index (κ3) is 5.01. The van der Waals surface area contributed by atoms with Crippen LogP contribution in [0.1, 0.15) is 24.9 Å². The largest absolute Gasteiger partial charge is 0.379 e. The molecule has 0 saturated carbocycles. The predicted octanol–water partition coefficient (Wildman–Crippen LogP) is 3.48. The standard InChI is InChI=1S/C15H22BrClN2O/c1-12(14-4-3-13(16)11-15(14)17)18-5-2-6-19-7-9-20-10-8-19/h3-4,11-12,18H,2,5-10H2,1H3. The fourth-order valence-corrected chi connectivity index (χ4v) is 3.25. The Labute approximate surface area is 134 Å². The Morgan fingerprint density at radius 2 is 2.15 bits per heavy atom. The maximum absolute atomic E-state index is 6.27. The van der Waals surface area contributed by atoms with Crippen LogP contribution >= 0.6 is 27.5 Å². The maximum atomic E-state index is 6.27. The lowest BCUT2D eigenvalue weighted by atomic mass is 10.1. The molecule has 1 N–H and O–H groups in total. The third-order valence-electron chi connectivity index (χ3n) is 3.63. The first-order valence-corrected chi connectivity index (χ1v) is 8.32. The summed E-state index contributed by atoms with van der Waals surface area (Å²) < 4.78 is 6.37. The molecule has 1 aliphatic rings. The van der Waals surface area contributed by atoms with Crippen molar-refractivity contribution in [1.29, 1.82) is 0 Å². The lowest BCUT2D eigenvalue weighted by Crippen LogP contribution is -2.37. The molecule has 1 heterocycles. The van der Waals surface area contributed by atoms with Gasteiger partial charge < -0.3 is 10.1 Å². The zero-order valence-electron chi connectivity index (χ0n) is 11.9. The number of benzene rings is 1. The van der Waals surface area contributed by atoms with Gasteiger partial charge >= 0.3 is 0 Å². The average molecular weight is 362 g/mol. The van der Waals surface area contributed by atoms with Crippen LogP contribution in [-0.2, 0) is 4.74 Å². The van der Waals surface area contributed by atoms with Gasteiger partial charge in [0, 0.05) is 28.6 Å². The zero-order valence-corrected chi connectivity index (χ0v) is 14.2. The van der Waals surface area contributed by atoms with Crippen LogP contribution in [0, 0.1) is 0 Å². The number of nitrogens with zero attached hydrogens (tertiary/aromatic N) is 1. The molecule has 1 aromatic rings. The highest BCUT2D eigenvalue weighted by Crippen LogP contribution is 2.26. The highest BCUT2D eigenvalue weighted by atomic mass is 79.9. The van der Waals surface area contributed by atoms with Gasteiger partial charge in [-0.15, -0.1) is 0 Å². The van der Waals surface area contributed by atoms with E-state index in [9.17, 15) is 0 Å². The van der Waals surface area contributed by atoms with Gasteiger partial charge in [0.1, 0.15) is 0 Å². The van der Waals surface area contributed by atoms with Crippen molar-refractivity contribution in [2.75, 3.05) is 39.4 Å². The topological polar surface area (TPSA) is 24.5 Å². The average Bonchev–Trinajstić information content (AvgIpc) is 2.44. The molecule has 5 heteroatoms. The fourth-order valence-electron chi connectivity index (χ4n) is 2.41. The van der Waals surface area contributed by atoms with Gasteiger partial charge in [-0.25, -0.2) is 0 Å². The summed E-state index contributed by atoms with van der Waals surface area (Å²) in [6, 6.07) is 6.34. The number of ether oxygens (including phenoxy) is 1. The van der Waals surface area contributed by atoms with Crippen LogP contribution in [0.15, 0.2) is 22.7 Å². The van der Waals surface area contributed by atoms with Crippen LogP contribution in [0.5, 0.6) is 0 Å². The van der Waals surface area contributed by atoms with Crippen LogP contribution in [0.2, 0.25) is 5.02 Å². The van der Waals surface area contributed by atoms with Gasteiger partial charge in [-0.05, 0) is 44.1 Å². The van der Waals surface area contributed by atoms with Crippen LogP contribution in [0.4, 0.5) is 0 Å². The molecule has 1 aliphatic heterocycles. The van der Waals surface area contributed by atoms with Crippen molar-refractivity contribution < 1.29 is 4.74 Å². The van der Waals surface area contributed by atoms with Crippen LogP contribution in [0.25, 0.3) is 0 Å². The van der Waals surface area contributed by atoms with E-state index in [0.29, 0.717) is 0 Å². The Balaban J connectivity index is 1.70. The molecule has 0 aromatic heterocycles. The monoisotopic (exact) mass is 360 g/mol. The smallest absolute Gasteiger partial charge is 0.0594 e. The van der Waals surface area contributed by atoms with Crippen molar-refractivity contribution in [3.05, 3.63) is 33.3 Å². The van der Waals surface area contributed by atoms with E-state index >= 15 is 0 Å². The van der Waals surface area contributed by atoms with E-state index in [1.165, 1.54) is 0 Å². The Kier molecular flexibility index (Phi) is 6.78. The first kappa shape index (κ1) is 16.2. The summed E-state index contributed by atoms with van der Waals surface area (Å²) in [6.07, 6.45) is 1.15. The number of morpholine rings is 1. The van der Waals surface area contributed by atoms with E-state index in [4.69, 9.17) is 16.3 Å². The molecule has 2 rings (SSSR count).